The Kier molecular flexibility index (Phi) is 5.55. The van der Waals surface area contributed by atoms with Gasteiger partial charge in [-0.15, -0.1) is 0 Å². The standard InChI is InChI=1S/C17H21NO3/c19-16(18-11-10-13-6-2-1-3-7-13)12-14-8-4-5-9-15(14)17(20)21/h4-6,8-9H,1-3,7,10-12H2,(H,18,19)(H,20,21). The molecule has 2 N–H and O–H groups in total. The molecule has 0 radical (unpaired) electrons. The Labute approximate surface area is 124 Å². The van der Waals surface area contributed by atoms with E-state index in [0.29, 0.717) is 12.1 Å². The van der Waals surface area contributed by atoms with Crippen LogP contribution in [-0.2, 0) is 11.2 Å². The molecule has 0 aromatic heterocycles. The van der Waals surface area contributed by atoms with Crippen LogP contribution >= 0.6 is 0 Å². The highest BCUT2D eigenvalue weighted by Crippen LogP contribution is 2.19. The molecule has 1 aromatic rings. The van der Waals surface area contributed by atoms with Crippen LogP contribution in [0.1, 0.15) is 48.0 Å². The number of aromatic carboxylic acids is 1. The molecule has 2 rings (SSSR count). The summed E-state index contributed by atoms with van der Waals surface area (Å²) in [6.45, 7) is 0.625. The number of nitrogens with one attached hydrogen (secondary N) is 1. The van der Waals surface area contributed by atoms with Crippen molar-refractivity contribution in [3.05, 3.63) is 47.0 Å². The molecule has 1 aliphatic rings. The van der Waals surface area contributed by atoms with Gasteiger partial charge in [-0.1, -0.05) is 29.8 Å². The molecule has 0 bridgehead atoms. The van der Waals surface area contributed by atoms with Crippen LogP contribution in [0, 0.1) is 0 Å². The van der Waals surface area contributed by atoms with Crippen LogP contribution in [0.15, 0.2) is 35.9 Å². The number of carboxylic acid groups (broad SMARTS) is 1. The third-order valence-corrected chi connectivity index (χ3v) is 3.75. The summed E-state index contributed by atoms with van der Waals surface area (Å²) in [5.74, 6) is -1.12. The average Bonchev–Trinajstić information content (AvgIpc) is 2.48. The van der Waals surface area contributed by atoms with Crippen LogP contribution in [0.2, 0.25) is 0 Å². The second-order valence-electron chi connectivity index (χ2n) is 5.35. The van der Waals surface area contributed by atoms with Gasteiger partial charge in [0, 0.05) is 6.54 Å². The van der Waals surface area contributed by atoms with Crippen LogP contribution in [0.4, 0.5) is 0 Å². The molecule has 0 unspecified atom stereocenters. The molecule has 1 aromatic carbocycles. The van der Waals surface area contributed by atoms with Gasteiger partial charge < -0.3 is 10.4 Å². The van der Waals surface area contributed by atoms with Crippen molar-refractivity contribution < 1.29 is 14.7 Å². The maximum absolute atomic E-state index is 11.9. The topological polar surface area (TPSA) is 66.4 Å². The lowest BCUT2D eigenvalue weighted by Gasteiger charge is -2.13. The molecule has 0 saturated carbocycles. The van der Waals surface area contributed by atoms with E-state index in [0.717, 1.165) is 19.3 Å². The number of carbonyl (C=O) groups is 2. The van der Waals surface area contributed by atoms with Gasteiger partial charge in [0.15, 0.2) is 0 Å². The number of hydrogen-bond donors (Lipinski definition) is 2. The highest BCUT2D eigenvalue weighted by Gasteiger charge is 2.12. The minimum atomic E-state index is -0.995. The smallest absolute Gasteiger partial charge is 0.335 e. The van der Waals surface area contributed by atoms with Crippen molar-refractivity contribution in [3.63, 3.8) is 0 Å². The minimum Gasteiger partial charge on any atom is -0.478 e. The zero-order chi connectivity index (χ0) is 15.1. The van der Waals surface area contributed by atoms with Crippen molar-refractivity contribution in [3.8, 4) is 0 Å². The molecule has 0 fully saturated rings. The van der Waals surface area contributed by atoms with E-state index in [-0.39, 0.29) is 17.9 Å². The molecule has 0 heterocycles. The first-order chi connectivity index (χ1) is 10.2. The second kappa shape index (κ2) is 7.62. The van der Waals surface area contributed by atoms with Crippen molar-refractivity contribution in [1.29, 1.82) is 0 Å². The summed E-state index contributed by atoms with van der Waals surface area (Å²) in [4.78, 5) is 23.0. The Morgan fingerprint density at radius 2 is 2.00 bits per heavy atom. The van der Waals surface area contributed by atoms with E-state index >= 15 is 0 Å². The molecule has 1 amide bonds. The van der Waals surface area contributed by atoms with Gasteiger partial charge in [0.25, 0.3) is 0 Å². The number of benzene rings is 1. The highest BCUT2D eigenvalue weighted by atomic mass is 16.4. The van der Waals surface area contributed by atoms with Crippen LogP contribution < -0.4 is 5.32 Å². The SMILES string of the molecule is O=C(Cc1ccccc1C(=O)O)NCCC1=CCCCC1. The van der Waals surface area contributed by atoms with Crippen molar-refractivity contribution in [2.45, 2.75) is 38.5 Å². The molecule has 0 spiro atoms. The van der Waals surface area contributed by atoms with Crippen molar-refractivity contribution in [1.82, 2.24) is 5.32 Å². The van der Waals surface area contributed by atoms with Crippen LogP contribution in [0.5, 0.6) is 0 Å². The Bertz CT molecular complexity index is 549. The molecular weight excluding hydrogens is 266 g/mol. The lowest BCUT2D eigenvalue weighted by atomic mass is 9.97. The fourth-order valence-electron chi connectivity index (χ4n) is 2.61. The van der Waals surface area contributed by atoms with E-state index < -0.39 is 5.97 Å². The molecule has 21 heavy (non-hydrogen) atoms. The predicted octanol–water partition coefficient (Wildman–Crippen LogP) is 2.93. The number of rotatable bonds is 6. The van der Waals surface area contributed by atoms with E-state index in [9.17, 15) is 9.59 Å². The summed E-state index contributed by atoms with van der Waals surface area (Å²) >= 11 is 0. The van der Waals surface area contributed by atoms with Crippen LogP contribution in [0.25, 0.3) is 0 Å². The summed E-state index contributed by atoms with van der Waals surface area (Å²) in [7, 11) is 0. The number of carbonyl (C=O) groups excluding carboxylic acids is 1. The highest BCUT2D eigenvalue weighted by molar-refractivity contribution is 5.91. The molecular formula is C17H21NO3. The van der Waals surface area contributed by atoms with Gasteiger partial charge in [-0.05, 0) is 43.7 Å². The summed E-state index contributed by atoms with van der Waals surface area (Å²) < 4.78 is 0. The van der Waals surface area contributed by atoms with E-state index in [1.165, 1.54) is 24.5 Å². The van der Waals surface area contributed by atoms with Gasteiger partial charge in [-0.3, -0.25) is 4.79 Å². The predicted molar refractivity (Wildman–Crippen MR) is 81.3 cm³/mol. The zero-order valence-electron chi connectivity index (χ0n) is 12.1. The van der Waals surface area contributed by atoms with E-state index in [1.54, 1.807) is 18.2 Å². The summed E-state index contributed by atoms with van der Waals surface area (Å²) in [5, 5.41) is 12.0. The summed E-state index contributed by atoms with van der Waals surface area (Å²) in [5.41, 5.74) is 2.18. The third kappa shape index (κ3) is 4.74. The Hall–Kier alpha value is -2.10. The van der Waals surface area contributed by atoms with E-state index in [4.69, 9.17) is 5.11 Å². The van der Waals surface area contributed by atoms with Crippen molar-refractivity contribution in [2.24, 2.45) is 0 Å². The third-order valence-electron chi connectivity index (χ3n) is 3.75. The first-order valence-corrected chi connectivity index (χ1v) is 7.42. The van der Waals surface area contributed by atoms with Gasteiger partial charge >= 0.3 is 5.97 Å². The second-order valence-corrected chi connectivity index (χ2v) is 5.35. The lowest BCUT2D eigenvalue weighted by Crippen LogP contribution is -2.27. The van der Waals surface area contributed by atoms with Gasteiger partial charge in [0.1, 0.15) is 0 Å². The fourth-order valence-corrected chi connectivity index (χ4v) is 2.61. The molecule has 0 aliphatic heterocycles. The van der Waals surface area contributed by atoms with Crippen LogP contribution in [-0.4, -0.2) is 23.5 Å². The quantitative estimate of drug-likeness (QED) is 0.791. The molecule has 1 aliphatic carbocycles. The molecule has 4 heteroatoms. The molecule has 112 valence electrons. The summed E-state index contributed by atoms with van der Waals surface area (Å²) in [6.07, 6.45) is 8.07. The minimum absolute atomic E-state index is 0.113. The lowest BCUT2D eigenvalue weighted by molar-refractivity contribution is -0.120. The Morgan fingerprint density at radius 3 is 2.71 bits per heavy atom. The van der Waals surface area contributed by atoms with E-state index in [2.05, 4.69) is 11.4 Å². The summed E-state index contributed by atoms with van der Waals surface area (Å²) in [6, 6.07) is 6.63. The maximum atomic E-state index is 11.9. The van der Waals surface area contributed by atoms with Gasteiger partial charge in [0.05, 0.1) is 12.0 Å². The zero-order valence-corrected chi connectivity index (χ0v) is 12.1. The number of allylic oxidation sites excluding steroid dienone is 1. The van der Waals surface area contributed by atoms with Crippen molar-refractivity contribution >= 4 is 11.9 Å². The molecule has 0 atom stereocenters. The first kappa shape index (κ1) is 15.3. The molecule has 0 saturated heterocycles. The fraction of sp³-hybridized carbons (Fsp3) is 0.412. The van der Waals surface area contributed by atoms with Crippen LogP contribution in [0.3, 0.4) is 0 Å². The van der Waals surface area contributed by atoms with Gasteiger partial charge in [-0.2, -0.15) is 0 Å². The first-order valence-electron chi connectivity index (χ1n) is 7.42. The normalized spacial score (nSPS) is 14.4. The Morgan fingerprint density at radius 1 is 1.19 bits per heavy atom. The van der Waals surface area contributed by atoms with Gasteiger partial charge in [0.2, 0.25) is 5.91 Å². The monoisotopic (exact) mass is 287 g/mol. The number of hydrogen-bond acceptors (Lipinski definition) is 2. The average molecular weight is 287 g/mol. The maximum Gasteiger partial charge on any atom is 0.335 e. The molecule has 4 nitrogen and oxygen atoms in total. The largest absolute Gasteiger partial charge is 0.478 e. The Balaban J connectivity index is 1.82. The van der Waals surface area contributed by atoms with Gasteiger partial charge in [-0.25, -0.2) is 4.79 Å². The van der Waals surface area contributed by atoms with E-state index in [1.807, 2.05) is 0 Å². The number of amides is 1. The van der Waals surface area contributed by atoms with Crippen molar-refractivity contribution in [2.75, 3.05) is 6.54 Å². The number of carboxylic acids is 1.